The molecular formula is C17H18O2S2. The van der Waals surface area contributed by atoms with Crippen molar-refractivity contribution in [3.05, 3.63) is 53.6 Å². The lowest BCUT2D eigenvalue weighted by Gasteiger charge is -2.09. The fourth-order valence-corrected chi connectivity index (χ4v) is 3.36. The summed E-state index contributed by atoms with van der Waals surface area (Å²) in [5.74, 6) is 1.15. The number of ketones is 1. The molecule has 2 aromatic rings. The molecule has 4 heteroatoms. The molecular weight excluding hydrogens is 300 g/mol. The SMILES string of the molecule is CCSc1ccccc1C(=O)Cc1cc(SC)ccc1O. The zero-order chi connectivity index (χ0) is 15.2. The number of phenols is 1. The summed E-state index contributed by atoms with van der Waals surface area (Å²) in [7, 11) is 0. The van der Waals surface area contributed by atoms with E-state index in [1.54, 1.807) is 29.6 Å². The number of Topliss-reactive ketones (excluding diaryl/α,β-unsaturated/α-hetero) is 1. The average molecular weight is 318 g/mol. The normalized spacial score (nSPS) is 10.6. The lowest BCUT2D eigenvalue weighted by atomic mass is 10.0. The predicted octanol–water partition coefficient (Wildman–Crippen LogP) is 4.65. The van der Waals surface area contributed by atoms with Crippen LogP contribution < -0.4 is 0 Å². The molecule has 0 heterocycles. The molecule has 0 bridgehead atoms. The van der Waals surface area contributed by atoms with Crippen molar-refractivity contribution in [2.75, 3.05) is 12.0 Å². The third-order valence-electron chi connectivity index (χ3n) is 3.12. The Balaban J connectivity index is 2.26. The van der Waals surface area contributed by atoms with Gasteiger partial charge in [0.15, 0.2) is 5.78 Å². The maximum atomic E-state index is 12.5. The molecule has 0 atom stereocenters. The fourth-order valence-electron chi connectivity index (χ4n) is 2.08. The van der Waals surface area contributed by atoms with Gasteiger partial charge in [-0.2, -0.15) is 0 Å². The molecule has 1 N–H and O–H groups in total. The number of benzene rings is 2. The lowest BCUT2D eigenvalue weighted by molar-refractivity contribution is 0.0989. The minimum absolute atomic E-state index is 0.0418. The van der Waals surface area contributed by atoms with Gasteiger partial charge in [0.25, 0.3) is 0 Å². The molecule has 0 radical (unpaired) electrons. The van der Waals surface area contributed by atoms with Crippen molar-refractivity contribution in [2.24, 2.45) is 0 Å². The van der Waals surface area contributed by atoms with Gasteiger partial charge >= 0.3 is 0 Å². The monoisotopic (exact) mass is 318 g/mol. The highest BCUT2D eigenvalue weighted by Gasteiger charge is 2.14. The van der Waals surface area contributed by atoms with Crippen LogP contribution in [0.25, 0.3) is 0 Å². The van der Waals surface area contributed by atoms with Crippen LogP contribution in [0.15, 0.2) is 52.3 Å². The molecule has 0 fully saturated rings. The smallest absolute Gasteiger partial charge is 0.168 e. The maximum absolute atomic E-state index is 12.5. The predicted molar refractivity (Wildman–Crippen MR) is 90.8 cm³/mol. The number of hydrogen-bond donors (Lipinski definition) is 1. The van der Waals surface area contributed by atoms with Crippen molar-refractivity contribution in [3.63, 3.8) is 0 Å². The van der Waals surface area contributed by atoms with Gasteiger partial charge in [0.1, 0.15) is 5.75 Å². The van der Waals surface area contributed by atoms with Crippen LogP contribution in [-0.4, -0.2) is 22.9 Å². The first kappa shape index (κ1) is 16.0. The molecule has 0 aliphatic rings. The van der Waals surface area contributed by atoms with Crippen LogP contribution in [0.3, 0.4) is 0 Å². The molecule has 2 rings (SSSR count). The number of carbonyl (C=O) groups is 1. The van der Waals surface area contributed by atoms with Crippen LogP contribution in [-0.2, 0) is 6.42 Å². The highest BCUT2D eigenvalue weighted by Crippen LogP contribution is 2.27. The Morgan fingerprint density at radius 2 is 1.95 bits per heavy atom. The molecule has 0 spiro atoms. The van der Waals surface area contributed by atoms with Gasteiger partial charge in [-0.05, 0) is 36.3 Å². The molecule has 2 aromatic carbocycles. The molecule has 0 aromatic heterocycles. The second-order valence-electron chi connectivity index (χ2n) is 4.52. The highest BCUT2D eigenvalue weighted by atomic mass is 32.2. The first-order valence-electron chi connectivity index (χ1n) is 6.76. The van der Waals surface area contributed by atoms with E-state index in [2.05, 4.69) is 6.92 Å². The molecule has 0 amide bonds. The highest BCUT2D eigenvalue weighted by molar-refractivity contribution is 7.99. The van der Waals surface area contributed by atoms with Crippen LogP contribution in [0.1, 0.15) is 22.8 Å². The van der Waals surface area contributed by atoms with E-state index in [4.69, 9.17) is 0 Å². The number of hydrogen-bond acceptors (Lipinski definition) is 4. The van der Waals surface area contributed by atoms with Crippen molar-refractivity contribution in [3.8, 4) is 5.75 Å². The van der Waals surface area contributed by atoms with Gasteiger partial charge in [-0.1, -0.05) is 25.1 Å². The van der Waals surface area contributed by atoms with Crippen molar-refractivity contribution in [1.29, 1.82) is 0 Å². The summed E-state index contributed by atoms with van der Waals surface area (Å²) in [6.07, 6.45) is 2.20. The standard InChI is InChI=1S/C17H18O2S2/c1-3-21-17-7-5-4-6-14(17)16(19)11-12-10-13(20-2)8-9-15(12)18/h4-10,18H,3,11H2,1-2H3. The maximum Gasteiger partial charge on any atom is 0.168 e. The van der Waals surface area contributed by atoms with E-state index < -0.39 is 0 Å². The van der Waals surface area contributed by atoms with Crippen molar-refractivity contribution in [1.82, 2.24) is 0 Å². The first-order chi connectivity index (χ1) is 10.2. The molecule has 0 unspecified atom stereocenters. The summed E-state index contributed by atoms with van der Waals surface area (Å²) in [5, 5.41) is 9.93. The van der Waals surface area contributed by atoms with E-state index in [9.17, 15) is 9.90 Å². The second kappa shape index (κ2) is 7.57. The van der Waals surface area contributed by atoms with Gasteiger partial charge in [0, 0.05) is 27.3 Å². The van der Waals surface area contributed by atoms with Gasteiger partial charge in [-0.3, -0.25) is 4.79 Å². The van der Waals surface area contributed by atoms with Crippen molar-refractivity contribution >= 4 is 29.3 Å². The molecule has 110 valence electrons. The molecule has 0 aliphatic carbocycles. The molecule has 0 aliphatic heterocycles. The van der Waals surface area contributed by atoms with Crippen LogP contribution in [0, 0.1) is 0 Å². The second-order valence-corrected chi connectivity index (χ2v) is 6.71. The Morgan fingerprint density at radius 3 is 2.67 bits per heavy atom. The van der Waals surface area contributed by atoms with Crippen LogP contribution in [0.5, 0.6) is 5.75 Å². The van der Waals surface area contributed by atoms with Gasteiger partial charge in [-0.15, -0.1) is 23.5 Å². The van der Waals surface area contributed by atoms with Gasteiger partial charge in [0.2, 0.25) is 0 Å². The van der Waals surface area contributed by atoms with Crippen molar-refractivity contribution < 1.29 is 9.90 Å². The number of phenolic OH excluding ortho intramolecular Hbond substituents is 1. The Morgan fingerprint density at radius 1 is 1.19 bits per heavy atom. The topological polar surface area (TPSA) is 37.3 Å². The summed E-state index contributed by atoms with van der Waals surface area (Å²) < 4.78 is 0. The van der Waals surface area contributed by atoms with E-state index in [0.29, 0.717) is 5.56 Å². The first-order valence-corrected chi connectivity index (χ1v) is 8.97. The third kappa shape index (κ3) is 4.05. The summed E-state index contributed by atoms with van der Waals surface area (Å²) in [5.41, 5.74) is 1.42. The largest absolute Gasteiger partial charge is 0.508 e. The summed E-state index contributed by atoms with van der Waals surface area (Å²) >= 11 is 3.26. The van der Waals surface area contributed by atoms with E-state index in [1.165, 1.54) is 0 Å². The summed E-state index contributed by atoms with van der Waals surface area (Å²) in [4.78, 5) is 14.6. The van der Waals surface area contributed by atoms with E-state index in [1.807, 2.05) is 42.7 Å². The molecule has 0 saturated carbocycles. The Labute approximate surface area is 134 Å². The number of thioether (sulfide) groups is 2. The summed E-state index contributed by atoms with van der Waals surface area (Å²) in [6.45, 7) is 2.07. The van der Waals surface area contributed by atoms with Crippen molar-refractivity contribution in [2.45, 2.75) is 23.1 Å². The van der Waals surface area contributed by atoms with E-state index in [0.717, 1.165) is 21.1 Å². The number of carbonyl (C=O) groups excluding carboxylic acids is 1. The Hall–Kier alpha value is -1.39. The Bertz CT molecular complexity index is 638. The molecule has 0 saturated heterocycles. The fraction of sp³-hybridized carbons (Fsp3) is 0.235. The number of rotatable bonds is 6. The average Bonchev–Trinajstić information content (AvgIpc) is 2.50. The quantitative estimate of drug-likeness (QED) is 0.621. The minimum atomic E-state index is 0.0418. The third-order valence-corrected chi connectivity index (χ3v) is 4.81. The zero-order valence-electron chi connectivity index (χ0n) is 12.1. The lowest BCUT2D eigenvalue weighted by Crippen LogP contribution is -2.05. The number of aromatic hydroxyl groups is 1. The van der Waals surface area contributed by atoms with Crippen LogP contribution >= 0.6 is 23.5 Å². The molecule has 2 nitrogen and oxygen atoms in total. The van der Waals surface area contributed by atoms with E-state index in [-0.39, 0.29) is 18.0 Å². The van der Waals surface area contributed by atoms with Crippen LogP contribution in [0.2, 0.25) is 0 Å². The molecule has 21 heavy (non-hydrogen) atoms. The zero-order valence-corrected chi connectivity index (χ0v) is 13.8. The Kier molecular flexibility index (Phi) is 5.76. The van der Waals surface area contributed by atoms with Gasteiger partial charge in [-0.25, -0.2) is 0 Å². The van der Waals surface area contributed by atoms with Crippen LogP contribution in [0.4, 0.5) is 0 Å². The minimum Gasteiger partial charge on any atom is -0.508 e. The van der Waals surface area contributed by atoms with Gasteiger partial charge in [0.05, 0.1) is 0 Å². The van der Waals surface area contributed by atoms with E-state index >= 15 is 0 Å². The summed E-state index contributed by atoms with van der Waals surface area (Å²) in [6, 6.07) is 13.0. The van der Waals surface area contributed by atoms with Gasteiger partial charge < -0.3 is 5.11 Å².